The molecule has 0 atom stereocenters. The fraction of sp³-hybridized carbons (Fsp3) is 0.231. The molecule has 2 aromatic rings. The zero-order valence-electron chi connectivity index (χ0n) is 10.6. The van der Waals surface area contributed by atoms with Crippen LogP contribution in [0.2, 0.25) is 0 Å². The molecule has 1 aromatic carbocycles. The fourth-order valence-electron chi connectivity index (χ4n) is 1.37. The highest BCUT2D eigenvalue weighted by Gasteiger charge is 2.14. The molecular weight excluding hydrogens is 250 g/mol. The lowest BCUT2D eigenvalue weighted by molar-refractivity contribution is 0.0519. The van der Waals surface area contributed by atoms with Gasteiger partial charge in [-0.2, -0.15) is 4.98 Å². The number of carbonyl (C=O) groups excluding carboxylic acids is 1. The molecule has 1 aromatic heterocycles. The molecule has 100 valence electrons. The van der Waals surface area contributed by atoms with Crippen molar-refractivity contribution in [3.63, 3.8) is 0 Å². The summed E-state index contributed by atoms with van der Waals surface area (Å²) in [4.78, 5) is 15.3. The zero-order chi connectivity index (χ0) is 13.7. The molecule has 19 heavy (non-hydrogen) atoms. The van der Waals surface area contributed by atoms with E-state index in [-0.39, 0.29) is 18.4 Å². The Morgan fingerprint density at radius 1 is 1.37 bits per heavy atom. The van der Waals surface area contributed by atoms with Gasteiger partial charge in [0.25, 0.3) is 0 Å². The first-order valence-electron chi connectivity index (χ1n) is 5.67. The van der Waals surface area contributed by atoms with Crippen LogP contribution in [0.15, 0.2) is 34.9 Å². The Balaban J connectivity index is 2.09. The smallest absolute Gasteiger partial charge is 0.399 e. The van der Waals surface area contributed by atoms with Gasteiger partial charge in [-0.25, -0.2) is 4.79 Å². The summed E-state index contributed by atoms with van der Waals surface area (Å²) in [5, 5.41) is 0. The van der Waals surface area contributed by atoms with Crippen molar-refractivity contribution < 1.29 is 23.4 Å². The number of methoxy groups -OCH3 is 1. The van der Waals surface area contributed by atoms with Gasteiger partial charge in [-0.3, -0.25) is 0 Å². The normalized spacial score (nSPS) is 10.0. The first-order chi connectivity index (χ1) is 9.22. The highest BCUT2D eigenvalue weighted by molar-refractivity contribution is 5.86. The SMILES string of the molecule is CCOC(=O)c1coc(Oc2cccc(OC)c2)n1. The van der Waals surface area contributed by atoms with Crippen LogP contribution in [-0.4, -0.2) is 24.7 Å². The molecule has 0 N–H and O–H groups in total. The van der Waals surface area contributed by atoms with Crippen LogP contribution in [0.5, 0.6) is 17.6 Å². The molecular formula is C13H13NO5. The van der Waals surface area contributed by atoms with E-state index in [9.17, 15) is 4.79 Å². The molecule has 0 amide bonds. The summed E-state index contributed by atoms with van der Waals surface area (Å²) in [7, 11) is 1.56. The molecule has 0 aliphatic carbocycles. The van der Waals surface area contributed by atoms with Gasteiger partial charge in [-0.15, -0.1) is 0 Å². The molecule has 0 aliphatic heterocycles. The van der Waals surface area contributed by atoms with Gasteiger partial charge in [0, 0.05) is 6.07 Å². The fourth-order valence-corrected chi connectivity index (χ4v) is 1.37. The molecule has 0 unspecified atom stereocenters. The minimum atomic E-state index is -0.549. The molecule has 0 saturated heterocycles. The number of rotatable bonds is 5. The van der Waals surface area contributed by atoms with Crippen molar-refractivity contribution in [2.24, 2.45) is 0 Å². The molecule has 6 heteroatoms. The molecule has 0 saturated carbocycles. The van der Waals surface area contributed by atoms with E-state index < -0.39 is 5.97 Å². The van der Waals surface area contributed by atoms with Crippen molar-refractivity contribution in [1.82, 2.24) is 4.98 Å². The molecule has 0 radical (unpaired) electrons. The quantitative estimate of drug-likeness (QED) is 0.772. The summed E-state index contributed by atoms with van der Waals surface area (Å²) >= 11 is 0. The third-order valence-corrected chi connectivity index (χ3v) is 2.21. The van der Waals surface area contributed by atoms with Crippen molar-refractivity contribution in [3.05, 3.63) is 36.2 Å². The Hall–Kier alpha value is -2.50. The third-order valence-electron chi connectivity index (χ3n) is 2.21. The van der Waals surface area contributed by atoms with Crippen molar-refractivity contribution >= 4 is 5.97 Å². The summed E-state index contributed by atoms with van der Waals surface area (Å²) in [6, 6.07) is 6.95. The minimum Gasteiger partial charge on any atom is -0.497 e. The summed E-state index contributed by atoms with van der Waals surface area (Å²) < 4.78 is 20.3. The highest BCUT2D eigenvalue weighted by atomic mass is 16.6. The van der Waals surface area contributed by atoms with Crippen molar-refractivity contribution in [2.45, 2.75) is 6.92 Å². The lowest BCUT2D eigenvalue weighted by Gasteiger charge is -2.02. The summed E-state index contributed by atoms with van der Waals surface area (Å²) in [5.41, 5.74) is 0.0692. The van der Waals surface area contributed by atoms with E-state index in [1.54, 1.807) is 38.3 Å². The second-order valence-electron chi connectivity index (χ2n) is 3.50. The van der Waals surface area contributed by atoms with Gasteiger partial charge in [-0.1, -0.05) is 6.07 Å². The molecule has 0 bridgehead atoms. The number of hydrogen-bond acceptors (Lipinski definition) is 6. The maximum atomic E-state index is 11.4. The molecule has 0 fully saturated rings. The van der Waals surface area contributed by atoms with Crippen molar-refractivity contribution in [3.8, 4) is 17.6 Å². The lowest BCUT2D eigenvalue weighted by Crippen LogP contribution is -2.04. The number of nitrogens with zero attached hydrogens (tertiary/aromatic N) is 1. The second kappa shape index (κ2) is 5.90. The largest absolute Gasteiger partial charge is 0.497 e. The minimum absolute atomic E-state index is 0.0312. The van der Waals surface area contributed by atoms with Crippen LogP contribution in [0.25, 0.3) is 0 Å². The number of oxazole rings is 1. The van der Waals surface area contributed by atoms with E-state index in [4.69, 9.17) is 18.6 Å². The highest BCUT2D eigenvalue weighted by Crippen LogP contribution is 2.24. The van der Waals surface area contributed by atoms with Crippen LogP contribution >= 0.6 is 0 Å². The van der Waals surface area contributed by atoms with Crippen LogP contribution in [0, 0.1) is 0 Å². The maximum absolute atomic E-state index is 11.4. The number of esters is 1. The van der Waals surface area contributed by atoms with E-state index in [1.807, 2.05) is 0 Å². The van der Waals surface area contributed by atoms with Gasteiger partial charge < -0.3 is 18.6 Å². The zero-order valence-corrected chi connectivity index (χ0v) is 10.6. The Kier molecular flexibility index (Phi) is 4.02. The number of carbonyl (C=O) groups is 1. The standard InChI is InChI=1S/C13H13NO5/c1-3-17-12(15)11-8-18-13(14-11)19-10-6-4-5-9(7-10)16-2/h4-8H,3H2,1-2H3. The van der Waals surface area contributed by atoms with E-state index in [0.29, 0.717) is 11.5 Å². The van der Waals surface area contributed by atoms with E-state index in [2.05, 4.69) is 4.98 Å². The van der Waals surface area contributed by atoms with Gasteiger partial charge in [0.05, 0.1) is 13.7 Å². The van der Waals surface area contributed by atoms with Crippen LogP contribution in [0.3, 0.4) is 0 Å². The number of hydrogen-bond donors (Lipinski definition) is 0. The first kappa shape index (κ1) is 12.9. The average Bonchev–Trinajstić information content (AvgIpc) is 2.88. The maximum Gasteiger partial charge on any atom is 0.399 e. The molecule has 6 nitrogen and oxygen atoms in total. The van der Waals surface area contributed by atoms with Crippen LogP contribution in [0.1, 0.15) is 17.4 Å². The van der Waals surface area contributed by atoms with E-state index >= 15 is 0 Å². The topological polar surface area (TPSA) is 70.8 Å². The predicted octanol–water partition coefficient (Wildman–Crippen LogP) is 2.65. The monoisotopic (exact) mass is 263 g/mol. The number of aromatic nitrogens is 1. The van der Waals surface area contributed by atoms with E-state index in [0.717, 1.165) is 0 Å². The molecule has 2 rings (SSSR count). The van der Waals surface area contributed by atoms with Crippen LogP contribution in [-0.2, 0) is 4.74 Å². The van der Waals surface area contributed by atoms with Gasteiger partial charge in [0.1, 0.15) is 17.8 Å². The number of ether oxygens (including phenoxy) is 3. The Morgan fingerprint density at radius 2 is 2.16 bits per heavy atom. The lowest BCUT2D eigenvalue weighted by atomic mass is 10.3. The first-order valence-corrected chi connectivity index (χ1v) is 5.67. The Labute approximate surface area is 109 Å². The Morgan fingerprint density at radius 3 is 2.89 bits per heavy atom. The van der Waals surface area contributed by atoms with Gasteiger partial charge in [0.2, 0.25) is 0 Å². The van der Waals surface area contributed by atoms with Gasteiger partial charge >= 0.3 is 12.0 Å². The summed E-state index contributed by atoms with van der Waals surface area (Å²) in [5.74, 6) is 0.595. The van der Waals surface area contributed by atoms with Crippen LogP contribution in [0.4, 0.5) is 0 Å². The molecule has 0 spiro atoms. The Bertz CT molecular complexity index is 564. The van der Waals surface area contributed by atoms with Gasteiger partial charge in [0.15, 0.2) is 5.69 Å². The molecule has 1 heterocycles. The van der Waals surface area contributed by atoms with Crippen LogP contribution < -0.4 is 9.47 Å². The predicted molar refractivity (Wildman–Crippen MR) is 65.5 cm³/mol. The summed E-state index contributed by atoms with van der Waals surface area (Å²) in [6.07, 6.45) is 1.16. The van der Waals surface area contributed by atoms with Crippen molar-refractivity contribution in [1.29, 1.82) is 0 Å². The van der Waals surface area contributed by atoms with E-state index in [1.165, 1.54) is 6.26 Å². The summed E-state index contributed by atoms with van der Waals surface area (Å²) in [6.45, 7) is 1.99. The third kappa shape index (κ3) is 3.25. The second-order valence-corrected chi connectivity index (χ2v) is 3.50. The molecule has 0 aliphatic rings. The van der Waals surface area contributed by atoms with Gasteiger partial charge in [-0.05, 0) is 19.1 Å². The average molecular weight is 263 g/mol. The number of benzene rings is 1. The van der Waals surface area contributed by atoms with Crippen molar-refractivity contribution in [2.75, 3.05) is 13.7 Å².